The fourth-order valence-corrected chi connectivity index (χ4v) is 5.85. The Morgan fingerprint density at radius 2 is 0.377 bits per heavy atom. The summed E-state index contributed by atoms with van der Waals surface area (Å²) in [4.78, 5) is 0. The van der Waals surface area contributed by atoms with E-state index in [4.69, 9.17) is 80.7 Å². The van der Waals surface area contributed by atoms with Gasteiger partial charge in [-0.2, -0.15) is 0 Å². The zero-order chi connectivity index (χ0) is 37.2. The fraction of sp³-hybridized carbons (Fsp3) is 0. The van der Waals surface area contributed by atoms with Crippen LogP contribution in [0.15, 0.2) is 182 Å². The van der Waals surface area contributed by atoms with Gasteiger partial charge in [-0.3, -0.25) is 27.1 Å². The van der Waals surface area contributed by atoms with Gasteiger partial charge in [0.1, 0.15) is 0 Å². The molecule has 6 aromatic rings. The summed E-state index contributed by atoms with van der Waals surface area (Å²) < 4.78 is 35.3. The van der Waals surface area contributed by atoms with Gasteiger partial charge in [-0.15, -0.1) is 0 Å². The molecule has 280 valence electrons. The van der Waals surface area contributed by atoms with Gasteiger partial charge in [0.25, 0.3) is 0 Å². The number of para-hydroxylation sites is 6. The van der Waals surface area contributed by atoms with Crippen molar-refractivity contribution in [3.05, 3.63) is 182 Å². The predicted molar refractivity (Wildman–Crippen MR) is 226 cm³/mol. The third-order valence-electron chi connectivity index (χ3n) is 5.67. The topological polar surface area (TPSA) is 55.4 Å². The number of hydrogen-bond donors (Lipinski definition) is 0. The van der Waals surface area contributed by atoms with Crippen molar-refractivity contribution in [2.24, 2.45) is 0 Å². The van der Waals surface area contributed by atoms with Crippen molar-refractivity contribution in [1.29, 1.82) is 0 Å². The molecule has 6 rings (SSSR count). The van der Waals surface area contributed by atoms with Gasteiger partial charge in [0.15, 0.2) is 34.5 Å². The maximum atomic E-state index is 5.88. The van der Waals surface area contributed by atoms with E-state index in [1.807, 2.05) is 182 Å². The first-order chi connectivity index (χ1) is 25.3. The molecular formula is C36H32Cl6O6P2PtSn2+2. The van der Waals surface area contributed by atoms with Crippen molar-refractivity contribution in [2.45, 2.75) is 0 Å². The predicted octanol–water partition coefficient (Wildman–Crippen LogP) is 13.7. The van der Waals surface area contributed by atoms with Crippen LogP contribution in [-0.4, -0.2) is 32.8 Å². The zero-order valence-electron chi connectivity index (χ0n) is 27.4. The standard InChI is InChI=1S/2C18H16O3P.6ClH.Pt.2Sn/c2*1-4-10-16(11-5-1)19-22(20-17-12-6-2-7-13-17)21-18-14-8-3-9-15-18;;;;;;;;;/h2*1-15,22H;6*1H;;;/q2*+1;;;;;;;;2*+3/p-6. The summed E-state index contributed by atoms with van der Waals surface area (Å²) in [5.41, 5.74) is 0. The second-order valence-corrected chi connectivity index (χ2v) is 37.1. The Hall–Kier alpha value is -0.994. The van der Waals surface area contributed by atoms with Gasteiger partial charge < -0.3 is 0 Å². The molecule has 0 aliphatic heterocycles. The zero-order valence-corrected chi connectivity index (χ0v) is 41.9. The number of rotatable bonds is 12. The normalized spacial score (nSPS) is 9.85. The van der Waals surface area contributed by atoms with Crippen LogP contribution in [0.2, 0.25) is 0 Å². The molecule has 0 N–H and O–H groups in total. The second-order valence-electron chi connectivity index (χ2n) is 9.42. The van der Waals surface area contributed by atoms with Crippen molar-refractivity contribution in [3.8, 4) is 34.5 Å². The number of halogens is 6. The van der Waals surface area contributed by atoms with E-state index in [1.54, 1.807) is 0 Å². The molecular weight excluding hydrogens is 1240 g/mol. The molecule has 0 saturated carbocycles. The van der Waals surface area contributed by atoms with Crippen LogP contribution in [0, 0.1) is 0 Å². The molecule has 2 radical (unpaired) electrons. The average Bonchev–Trinajstić information content (AvgIpc) is 3.14. The summed E-state index contributed by atoms with van der Waals surface area (Å²) in [7, 11) is 26.0. The summed E-state index contributed by atoms with van der Waals surface area (Å²) in [6.45, 7) is 0. The summed E-state index contributed by atoms with van der Waals surface area (Å²) in [5.74, 6) is 4.35. The molecule has 0 bridgehead atoms. The van der Waals surface area contributed by atoms with Gasteiger partial charge in [-0.25, -0.2) is 0 Å². The molecule has 0 aliphatic carbocycles. The average molecular weight is 1270 g/mol. The van der Waals surface area contributed by atoms with Crippen molar-refractivity contribution in [3.63, 3.8) is 0 Å². The first kappa shape index (κ1) is 48.2. The minimum absolute atomic E-state index is 0. The second kappa shape index (κ2) is 30.2. The minimum atomic E-state index is -2.13. The Kier molecular flexibility index (Phi) is 27.4. The van der Waals surface area contributed by atoms with E-state index in [-0.39, 0.29) is 21.1 Å². The Balaban J connectivity index is 0.000000301. The Morgan fingerprint density at radius 1 is 0.264 bits per heavy atom. The molecule has 0 amide bonds. The fourth-order valence-electron chi connectivity index (χ4n) is 3.63. The minimum Gasteiger partial charge on any atom is -0.273 e. The van der Waals surface area contributed by atoms with Crippen molar-refractivity contribution >= 4 is 103 Å². The number of benzene rings is 6. The third kappa shape index (κ3) is 24.3. The summed E-state index contributed by atoms with van der Waals surface area (Å²) in [5, 5.41) is 0. The van der Waals surface area contributed by atoms with Crippen LogP contribution in [0.4, 0.5) is 0 Å². The van der Waals surface area contributed by atoms with E-state index in [0.29, 0.717) is 0 Å². The van der Waals surface area contributed by atoms with Gasteiger partial charge in [0.05, 0.1) is 0 Å². The molecule has 0 aliphatic rings. The van der Waals surface area contributed by atoms with Crippen LogP contribution in [0.25, 0.3) is 0 Å². The van der Waals surface area contributed by atoms with Crippen molar-refractivity contribution in [1.82, 2.24) is 0 Å². The van der Waals surface area contributed by atoms with Gasteiger partial charge in [-0.1, -0.05) is 109 Å². The van der Waals surface area contributed by atoms with Gasteiger partial charge in [-0.05, 0) is 72.8 Å². The molecule has 0 heterocycles. The molecule has 0 aromatic heterocycles. The maximum Gasteiger partial charge on any atom is 0.528 e. The van der Waals surface area contributed by atoms with E-state index in [0.717, 1.165) is 34.5 Å². The van der Waals surface area contributed by atoms with Crippen LogP contribution in [-0.2, 0) is 21.1 Å². The molecule has 53 heavy (non-hydrogen) atoms. The van der Waals surface area contributed by atoms with Crippen LogP contribution >= 0.6 is 70.7 Å². The maximum absolute atomic E-state index is 5.88. The van der Waals surface area contributed by atoms with Gasteiger partial charge in [0.2, 0.25) is 0 Å². The summed E-state index contributed by atoms with van der Waals surface area (Å²) in [6, 6.07) is 57.2. The van der Waals surface area contributed by atoms with E-state index in [9.17, 15) is 0 Å². The van der Waals surface area contributed by atoms with E-state index < -0.39 is 50.0 Å². The van der Waals surface area contributed by atoms with E-state index in [2.05, 4.69) is 0 Å². The summed E-state index contributed by atoms with van der Waals surface area (Å²) >= 11 is -4.25. The van der Waals surface area contributed by atoms with Crippen molar-refractivity contribution < 1.29 is 48.2 Å². The SMILES string of the molecule is [Cl][Sn]([Cl])[Cl].[Cl][Sn]([Cl])[Cl].[Pt].c1ccc(O[PH+](Oc2ccccc2)Oc2ccccc2)cc1.c1ccc(O[PH+](Oc2ccccc2)Oc2ccccc2)cc1. The molecule has 0 spiro atoms. The van der Waals surface area contributed by atoms with Gasteiger partial charge >= 0.3 is 103 Å². The first-order valence-electron chi connectivity index (χ1n) is 15.0. The molecule has 0 unspecified atom stereocenters. The largest absolute Gasteiger partial charge is 0.528 e. The monoisotopic (exact) mass is 1270 g/mol. The quantitative estimate of drug-likeness (QED) is 0.0899. The van der Waals surface area contributed by atoms with Crippen LogP contribution in [0.1, 0.15) is 0 Å². The van der Waals surface area contributed by atoms with E-state index >= 15 is 0 Å². The third-order valence-corrected chi connectivity index (χ3v) is 8.08. The smallest absolute Gasteiger partial charge is 0.273 e. The van der Waals surface area contributed by atoms with Crippen LogP contribution in [0.3, 0.4) is 0 Å². The molecule has 0 fully saturated rings. The van der Waals surface area contributed by atoms with Crippen LogP contribution < -0.4 is 27.1 Å². The molecule has 0 atom stereocenters. The van der Waals surface area contributed by atoms with E-state index in [1.165, 1.54) is 0 Å². The Bertz CT molecular complexity index is 1410. The van der Waals surface area contributed by atoms with Gasteiger partial charge in [0, 0.05) is 21.1 Å². The number of hydrogen-bond acceptors (Lipinski definition) is 6. The molecule has 0 saturated heterocycles. The molecule has 6 nitrogen and oxygen atoms in total. The van der Waals surface area contributed by atoms with Crippen molar-refractivity contribution in [2.75, 3.05) is 0 Å². The Labute approximate surface area is 363 Å². The molecule has 17 heteroatoms. The first-order valence-corrected chi connectivity index (χ1v) is 39.2. The van der Waals surface area contributed by atoms with Crippen LogP contribution in [0.5, 0.6) is 34.5 Å². The summed E-state index contributed by atoms with van der Waals surface area (Å²) in [6.07, 6.45) is 0. The molecule has 6 aromatic carbocycles. The Morgan fingerprint density at radius 3 is 0.491 bits per heavy atom.